The molecule has 116 valence electrons. The fourth-order valence-corrected chi connectivity index (χ4v) is 3.60. The van der Waals surface area contributed by atoms with Gasteiger partial charge in [0.15, 0.2) is 0 Å². The van der Waals surface area contributed by atoms with Gasteiger partial charge in [-0.1, -0.05) is 26.7 Å². The average molecular weight is 307 g/mol. The molecule has 0 amide bonds. The van der Waals surface area contributed by atoms with E-state index in [9.17, 15) is 4.79 Å². The van der Waals surface area contributed by atoms with Crippen molar-refractivity contribution in [3.8, 4) is 0 Å². The van der Waals surface area contributed by atoms with Crippen LogP contribution in [0.15, 0.2) is 23.3 Å². The van der Waals surface area contributed by atoms with Gasteiger partial charge in [0.2, 0.25) is 0 Å². The molecule has 0 unspecified atom stereocenters. The van der Waals surface area contributed by atoms with E-state index in [-0.39, 0.29) is 11.0 Å². The Morgan fingerprint density at radius 3 is 2.48 bits per heavy atom. The van der Waals surface area contributed by atoms with Crippen molar-refractivity contribution in [1.29, 1.82) is 0 Å². The van der Waals surface area contributed by atoms with Crippen LogP contribution in [0.4, 0.5) is 0 Å². The van der Waals surface area contributed by atoms with Crippen LogP contribution in [0, 0.1) is 12.3 Å². The predicted molar refractivity (Wildman–Crippen MR) is 90.3 cm³/mol. The molecular formula is C16H25N3OS. The van der Waals surface area contributed by atoms with Gasteiger partial charge in [0, 0.05) is 18.9 Å². The van der Waals surface area contributed by atoms with Crippen LogP contribution in [0.5, 0.6) is 0 Å². The quantitative estimate of drug-likeness (QED) is 0.797. The zero-order chi connectivity index (χ0) is 15.5. The highest BCUT2D eigenvalue weighted by atomic mass is 32.1. The van der Waals surface area contributed by atoms with E-state index in [0.717, 1.165) is 43.7 Å². The van der Waals surface area contributed by atoms with E-state index in [0.29, 0.717) is 5.52 Å². The smallest absolute Gasteiger partial charge is 0.276 e. The second kappa shape index (κ2) is 6.69. The molecule has 0 spiro atoms. The summed E-state index contributed by atoms with van der Waals surface area (Å²) in [4.78, 5) is 12.6. The minimum atomic E-state index is 0.0384. The first-order chi connectivity index (χ1) is 10.0. The highest BCUT2D eigenvalue weighted by molar-refractivity contribution is 7.80. The van der Waals surface area contributed by atoms with Gasteiger partial charge in [-0.25, -0.2) is 4.52 Å². The van der Waals surface area contributed by atoms with Crippen LogP contribution in [0.3, 0.4) is 0 Å². The largest absolute Gasteiger partial charge is 0.312 e. The van der Waals surface area contributed by atoms with Crippen LogP contribution in [-0.2, 0) is 6.54 Å². The standard InChI is InChI=1S/C16H25N3OS/c1-4-6-16(12-21,7-5-2)11-18-8-9-19-14(15(18)20)10-13(3)17-19/h8-10,21H,4-7,11-12H2,1-3H3. The molecule has 0 atom stereocenters. The second-order valence-corrected chi connectivity index (χ2v) is 6.32. The maximum atomic E-state index is 12.6. The van der Waals surface area contributed by atoms with E-state index in [2.05, 4.69) is 31.6 Å². The van der Waals surface area contributed by atoms with E-state index >= 15 is 0 Å². The Morgan fingerprint density at radius 2 is 1.90 bits per heavy atom. The predicted octanol–water partition coefficient (Wildman–Crippen LogP) is 3.32. The van der Waals surface area contributed by atoms with E-state index in [1.165, 1.54) is 0 Å². The lowest BCUT2D eigenvalue weighted by Gasteiger charge is -2.32. The number of hydrogen-bond acceptors (Lipinski definition) is 3. The zero-order valence-corrected chi connectivity index (χ0v) is 14.1. The van der Waals surface area contributed by atoms with Gasteiger partial charge in [-0.3, -0.25) is 4.79 Å². The molecule has 0 saturated carbocycles. The first-order valence-corrected chi connectivity index (χ1v) is 8.35. The third kappa shape index (κ3) is 3.34. The Balaban J connectivity index is 2.40. The van der Waals surface area contributed by atoms with Crippen molar-refractivity contribution < 1.29 is 0 Å². The minimum Gasteiger partial charge on any atom is -0.312 e. The maximum Gasteiger partial charge on any atom is 0.276 e. The highest BCUT2D eigenvalue weighted by Gasteiger charge is 2.28. The molecule has 0 bridgehead atoms. The first kappa shape index (κ1) is 16.1. The van der Waals surface area contributed by atoms with Gasteiger partial charge in [0.25, 0.3) is 5.56 Å². The number of hydrogen-bond donors (Lipinski definition) is 1. The van der Waals surface area contributed by atoms with Crippen LogP contribution < -0.4 is 5.56 Å². The Morgan fingerprint density at radius 1 is 1.24 bits per heavy atom. The number of thiol groups is 1. The summed E-state index contributed by atoms with van der Waals surface area (Å²) in [5.41, 5.74) is 1.66. The van der Waals surface area contributed by atoms with Crippen molar-refractivity contribution >= 4 is 18.1 Å². The lowest BCUT2D eigenvalue weighted by atomic mass is 9.81. The summed E-state index contributed by atoms with van der Waals surface area (Å²) in [5, 5.41) is 4.29. The number of aryl methyl sites for hydroxylation is 1. The average Bonchev–Trinajstić information content (AvgIpc) is 2.84. The third-order valence-electron chi connectivity index (χ3n) is 4.13. The number of fused-ring (bicyclic) bond motifs is 1. The SMILES string of the molecule is CCCC(CS)(CCC)Cn1ccn2nc(C)cc2c1=O. The molecular weight excluding hydrogens is 282 g/mol. The van der Waals surface area contributed by atoms with Crippen LogP contribution in [0.2, 0.25) is 0 Å². The molecule has 0 fully saturated rings. The minimum absolute atomic E-state index is 0.0384. The summed E-state index contributed by atoms with van der Waals surface area (Å²) in [6.07, 6.45) is 8.14. The summed E-state index contributed by atoms with van der Waals surface area (Å²) in [5.74, 6) is 0.810. The van der Waals surface area contributed by atoms with Gasteiger partial charge >= 0.3 is 0 Å². The fraction of sp³-hybridized carbons (Fsp3) is 0.625. The fourth-order valence-electron chi connectivity index (χ4n) is 3.19. The molecule has 2 heterocycles. The Bertz CT molecular complexity index is 653. The van der Waals surface area contributed by atoms with Crippen molar-refractivity contribution in [2.45, 2.75) is 53.0 Å². The first-order valence-electron chi connectivity index (χ1n) is 7.71. The molecule has 0 aliphatic heterocycles. The molecule has 0 saturated heterocycles. The number of nitrogens with zero attached hydrogens (tertiary/aromatic N) is 3. The van der Waals surface area contributed by atoms with Crippen molar-refractivity contribution in [3.63, 3.8) is 0 Å². The van der Waals surface area contributed by atoms with E-state index in [1.54, 1.807) is 4.52 Å². The normalized spacial score (nSPS) is 12.2. The molecule has 2 aromatic rings. The van der Waals surface area contributed by atoms with Gasteiger partial charge in [0.1, 0.15) is 5.52 Å². The topological polar surface area (TPSA) is 39.3 Å². The summed E-state index contributed by atoms with van der Waals surface area (Å²) in [7, 11) is 0. The lowest BCUT2D eigenvalue weighted by molar-refractivity contribution is 0.229. The second-order valence-electron chi connectivity index (χ2n) is 6.00. The van der Waals surface area contributed by atoms with Crippen molar-refractivity contribution in [1.82, 2.24) is 14.2 Å². The van der Waals surface area contributed by atoms with Crippen LogP contribution in [0.1, 0.15) is 45.2 Å². The Hall–Kier alpha value is -1.23. The Kier molecular flexibility index (Phi) is 5.14. The zero-order valence-electron chi connectivity index (χ0n) is 13.2. The highest BCUT2D eigenvalue weighted by Crippen LogP contribution is 2.32. The molecule has 5 heteroatoms. The van der Waals surface area contributed by atoms with E-state index in [4.69, 9.17) is 0 Å². The molecule has 4 nitrogen and oxygen atoms in total. The summed E-state index contributed by atoms with van der Waals surface area (Å²) < 4.78 is 3.49. The molecule has 0 aromatic carbocycles. The summed E-state index contributed by atoms with van der Waals surface area (Å²) in [6.45, 7) is 7.03. The van der Waals surface area contributed by atoms with Crippen LogP contribution >= 0.6 is 12.6 Å². The Labute approximate surface area is 131 Å². The molecule has 0 aliphatic carbocycles. The van der Waals surface area contributed by atoms with Gasteiger partial charge in [0.05, 0.1) is 5.69 Å². The van der Waals surface area contributed by atoms with Gasteiger partial charge < -0.3 is 4.57 Å². The molecule has 2 aromatic heterocycles. The molecule has 2 rings (SSSR count). The van der Waals surface area contributed by atoms with E-state index in [1.807, 2.05) is 30.0 Å². The van der Waals surface area contributed by atoms with E-state index < -0.39 is 0 Å². The summed E-state index contributed by atoms with van der Waals surface area (Å²) in [6, 6.07) is 1.85. The van der Waals surface area contributed by atoms with Crippen LogP contribution in [0.25, 0.3) is 5.52 Å². The maximum absolute atomic E-state index is 12.6. The number of aromatic nitrogens is 3. The van der Waals surface area contributed by atoms with Gasteiger partial charge in [-0.15, -0.1) is 0 Å². The molecule has 0 radical (unpaired) electrons. The summed E-state index contributed by atoms with van der Waals surface area (Å²) >= 11 is 4.58. The van der Waals surface area contributed by atoms with Crippen molar-refractivity contribution in [3.05, 3.63) is 34.5 Å². The third-order valence-corrected chi connectivity index (χ3v) is 4.80. The van der Waals surface area contributed by atoms with Gasteiger partial charge in [-0.05, 0) is 37.0 Å². The van der Waals surface area contributed by atoms with Crippen molar-refractivity contribution in [2.24, 2.45) is 5.41 Å². The number of rotatable bonds is 7. The van der Waals surface area contributed by atoms with Gasteiger partial charge in [-0.2, -0.15) is 17.7 Å². The molecule has 0 aliphatic rings. The van der Waals surface area contributed by atoms with Crippen molar-refractivity contribution in [2.75, 3.05) is 5.75 Å². The monoisotopic (exact) mass is 307 g/mol. The molecule has 0 N–H and O–H groups in total. The van der Waals surface area contributed by atoms with Crippen LogP contribution in [-0.4, -0.2) is 19.9 Å². The lowest BCUT2D eigenvalue weighted by Crippen LogP contribution is -2.34. The molecule has 21 heavy (non-hydrogen) atoms.